The largest absolute Gasteiger partial charge is 0.366 e. The van der Waals surface area contributed by atoms with E-state index in [9.17, 15) is 4.79 Å². The molecule has 1 fully saturated rings. The summed E-state index contributed by atoms with van der Waals surface area (Å²) in [6.45, 7) is 4.34. The van der Waals surface area contributed by atoms with E-state index in [0.717, 1.165) is 36.4 Å². The molecule has 3 heterocycles. The van der Waals surface area contributed by atoms with E-state index in [1.165, 1.54) is 11.1 Å². The van der Waals surface area contributed by atoms with Crippen molar-refractivity contribution in [3.05, 3.63) is 58.4 Å². The number of rotatable bonds is 4. The van der Waals surface area contributed by atoms with Gasteiger partial charge in [-0.2, -0.15) is 5.10 Å². The number of likely N-dealkylation sites (N-methyl/N-ethyl adjacent to an activating group) is 1. The van der Waals surface area contributed by atoms with Crippen LogP contribution in [0.2, 0.25) is 0 Å². The molecule has 1 aromatic carbocycles. The van der Waals surface area contributed by atoms with E-state index >= 15 is 0 Å². The SMILES string of the molecule is Cc1nc(Cn2ncc3ccccc3c2=O)cc(N[C@H]2CCCN(C)C2)n1. The Morgan fingerprint density at radius 2 is 2.11 bits per heavy atom. The summed E-state index contributed by atoms with van der Waals surface area (Å²) in [5.74, 6) is 1.50. The molecule has 0 bridgehead atoms. The number of fused-ring (bicyclic) bond motifs is 1. The number of aryl methyl sites for hydroxylation is 1. The smallest absolute Gasteiger partial charge is 0.274 e. The number of likely N-dealkylation sites (tertiary alicyclic amines) is 1. The Bertz CT molecular complexity index is 1010. The Morgan fingerprint density at radius 3 is 2.96 bits per heavy atom. The third kappa shape index (κ3) is 3.98. The molecule has 1 saturated heterocycles. The van der Waals surface area contributed by atoms with Crippen molar-refractivity contribution in [1.82, 2.24) is 24.6 Å². The molecule has 0 amide bonds. The van der Waals surface area contributed by atoms with Crippen molar-refractivity contribution in [2.75, 3.05) is 25.5 Å². The van der Waals surface area contributed by atoms with Crippen LogP contribution >= 0.6 is 0 Å². The second kappa shape index (κ2) is 7.44. The molecule has 1 aliphatic heterocycles. The van der Waals surface area contributed by atoms with Crippen molar-refractivity contribution >= 4 is 16.6 Å². The van der Waals surface area contributed by atoms with Crippen LogP contribution in [0.5, 0.6) is 0 Å². The van der Waals surface area contributed by atoms with Crippen LogP contribution in [0.15, 0.2) is 41.3 Å². The normalized spacial score (nSPS) is 17.9. The lowest BCUT2D eigenvalue weighted by Crippen LogP contribution is -2.40. The minimum Gasteiger partial charge on any atom is -0.366 e. The number of benzene rings is 1. The van der Waals surface area contributed by atoms with E-state index in [2.05, 4.69) is 32.3 Å². The molecule has 0 unspecified atom stereocenters. The van der Waals surface area contributed by atoms with Crippen LogP contribution in [0.25, 0.3) is 10.8 Å². The quantitative estimate of drug-likeness (QED) is 0.764. The molecular weight excluding hydrogens is 340 g/mol. The van der Waals surface area contributed by atoms with Crippen molar-refractivity contribution in [3.63, 3.8) is 0 Å². The first-order valence-electron chi connectivity index (χ1n) is 9.33. The summed E-state index contributed by atoms with van der Waals surface area (Å²) in [7, 11) is 2.14. The monoisotopic (exact) mass is 364 g/mol. The van der Waals surface area contributed by atoms with Crippen LogP contribution in [-0.2, 0) is 6.54 Å². The molecule has 1 atom stereocenters. The molecule has 1 aliphatic rings. The first-order chi connectivity index (χ1) is 13.1. The molecule has 2 aromatic heterocycles. The average Bonchev–Trinajstić information content (AvgIpc) is 2.64. The molecule has 3 aromatic rings. The second-order valence-corrected chi connectivity index (χ2v) is 7.23. The fourth-order valence-corrected chi connectivity index (χ4v) is 3.67. The van der Waals surface area contributed by atoms with Gasteiger partial charge in [-0.3, -0.25) is 4.79 Å². The Balaban J connectivity index is 1.58. The van der Waals surface area contributed by atoms with E-state index < -0.39 is 0 Å². The lowest BCUT2D eigenvalue weighted by atomic mass is 10.1. The van der Waals surface area contributed by atoms with Gasteiger partial charge in [0.05, 0.1) is 23.8 Å². The maximum Gasteiger partial charge on any atom is 0.274 e. The molecule has 4 rings (SSSR count). The highest BCUT2D eigenvalue weighted by Gasteiger charge is 2.17. The maximum atomic E-state index is 12.7. The molecule has 140 valence electrons. The van der Waals surface area contributed by atoms with Gasteiger partial charge in [0.2, 0.25) is 0 Å². The van der Waals surface area contributed by atoms with Crippen LogP contribution < -0.4 is 10.9 Å². The lowest BCUT2D eigenvalue weighted by molar-refractivity contribution is 0.260. The molecule has 0 saturated carbocycles. The maximum absolute atomic E-state index is 12.7. The van der Waals surface area contributed by atoms with Gasteiger partial charge in [0.1, 0.15) is 11.6 Å². The summed E-state index contributed by atoms with van der Waals surface area (Å²) in [6, 6.07) is 9.80. The number of nitrogens with one attached hydrogen (secondary N) is 1. The Morgan fingerprint density at radius 1 is 1.26 bits per heavy atom. The highest BCUT2D eigenvalue weighted by Crippen LogP contribution is 2.15. The summed E-state index contributed by atoms with van der Waals surface area (Å²) >= 11 is 0. The zero-order chi connectivity index (χ0) is 18.8. The van der Waals surface area contributed by atoms with Crippen LogP contribution in [-0.4, -0.2) is 50.8 Å². The van der Waals surface area contributed by atoms with E-state index in [1.54, 1.807) is 6.20 Å². The molecule has 27 heavy (non-hydrogen) atoms. The standard InChI is InChI=1S/C20H24N6O/c1-14-22-17(10-19(23-14)24-16-7-5-9-25(2)12-16)13-26-20(27)18-8-4-3-6-15(18)11-21-26/h3-4,6,8,10-11,16H,5,7,9,12-13H2,1-2H3,(H,22,23,24)/t16-/m0/s1. The molecule has 0 radical (unpaired) electrons. The van der Waals surface area contributed by atoms with Crippen LogP contribution in [0.3, 0.4) is 0 Å². The van der Waals surface area contributed by atoms with Gasteiger partial charge in [-0.1, -0.05) is 18.2 Å². The number of piperidine rings is 1. The first kappa shape index (κ1) is 17.6. The molecule has 7 heteroatoms. The molecule has 1 N–H and O–H groups in total. The van der Waals surface area contributed by atoms with Gasteiger partial charge in [0.25, 0.3) is 5.56 Å². The van der Waals surface area contributed by atoms with E-state index in [4.69, 9.17) is 0 Å². The van der Waals surface area contributed by atoms with Crippen molar-refractivity contribution in [2.45, 2.75) is 32.4 Å². The van der Waals surface area contributed by atoms with Crippen LogP contribution in [0, 0.1) is 6.92 Å². The van der Waals surface area contributed by atoms with Gasteiger partial charge in [-0.25, -0.2) is 14.6 Å². The predicted molar refractivity (Wildman–Crippen MR) is 106 cm³/mol. The number of anilines is 1. The summed E-state index contributed by atoms with van der Waals surface area (Å²) in [6.07, 6.45) is 4.04. The highest BCUT2D eigenvalue weighted by atomic mass is 16.1. The summed E-state index contributed by atoms with van der Waals surface area (Å²) in [5, 5.41) is 9.34. The van der Waals surface area contributed by atoms with Crippen LogP contribution in [0.4, 0.5) is 5.82 Å². The highest BCUT2D eigenvalue weighted by molar-refractivity contribution is 5.80. The fraction of sp³-hybridized carbons (Fsp3) is 0.400. The van der Waals surface area contributed by atoms with Gasteiger partial charge < -0.3 is 10.2 Å². The van der Waals surface area contributed by atoms with Crippen molar-refractivity contribution < 1.29 is 0 Å². The number of hydrogen-bond acceptors (Lipinski definition) is 6. The molecular formula is C20H24N6O. The Hall–Kier alpha value is -2.80. The first-order valence-corrected chi connectivity index (χ1v) is 9.33. The lowest BCUT2D eigenvalue weighted by Gasteiger charge is -2.30. The second-order valence-electron chi connectivity index (χ2n) is 7.23. The van der Waals surface area contributed by atoms with Gasteiger partial charge in [0.15, 0.2) is 0 Å². The topological polar surface area (TPSA) is 75.9 Å². The van der Waals surface area contributed by atoms with Crippen molar-refractivity contribution in [1.29, 1.82) is 0 Å². The Labute approximate surface area is 158 Å². The molecule has 7 nitrogen and oxygen atoms in total. The average molecular weight is 364 g/mol. The van der Waals surface area contributed by atoms with Gasteiger partial charge in [-0.05, 0) is 39.4 Å². The molecule has 0 spiro atoms. The van der Waals surface area contributed by atoms with Gasteiger partial charge in [0, 0.05) is 24.0 Å². The third-order valence-electron chi connectivity index (χ3n) is 4.94. The van der Waals surface area contributed by atoms with Crippen molar-refractivity contribution in [2.24, 2.45) is 0 Å². The van der Waals surface area contributed by atoms with Crippen LogP contribution in [0.1, 0.15) is 24.4 Å². The summed E-state index contributed by atoms with van der Waals surface area (Å²) in [5.41, 5.74) is 0.673. The van der Waals surface area contributed by atoms with E-state index in [-0.39, 0.29) is 5.56 Å². The zero-order valence-electron chi connectivity index (χ0n) is 15.7. The number of hydrogen-bond donors (Lipinski definition) is 1. The predicted octanol–water partition coefficient (Wildman–Crippen LogP) is 2.05. The third-order valence-corrected chi connectivity index (χ3v) is 4.94. The van der Waals surface area contributed by atoms with Gasteiger partial charge in [-0.15, -0.1) is 0 Å². The minimum absolute atomic E-state index is 0.104. The summed E-state index contributed by atoms with van der Waals surface area (Å²) in [4.78, 5) is 24.0. The minimum atomic E-state index is -0.104. The molecule has 0 aliphatic carbocycles. The fourth-order valence-electron chi connectivity index (χ4n) is 3.67. The number of nitrogens with zero attached hydrogens (tertiary/aromatic N) is 5. The van der Waals surface area contributed by atoms with E-state index in [0.29, 0.717) is 23.8 Å². The number of aromatic nitrogens is 4. The zero-order valence-corrected chi connectivity index (χ0v) is 15.7. The van der Waals surface area contributed by atoms with E-state index in [1.807, 2.05) is 37.3 Å². The van der Waals surface area contributed by atoms with Gasteiger partial charge >= 0.3 is 0 Å². The Kier molecular flexibility index (Phi) is 4.85. The summed E-state index contributed by atoms with van der Waals surface area (Å²) < 4.78 is 1.46. The van der Waals surface area contributed by atoms with Crippen molar-refractivity contribution in [3.8, 4) is 0 Å².